The standard InChI is InChI=1S/C16H9FN2O3S2/c17-12-4-5-14-11(7-12)8-15(23-14)16(20)19-24(21,22)13-3-1-2-10(6-13)9-18/h1-8H,(H,19,20). The van der Waals surface area contributed by atoms with E-state index in [9.17, 15) is 17.6 Å². The molecule has 0 saturated carbocycles. The van der Waals surface area contributed by atoms with Crippen molar-refractivity contribution in [3.8, 4) is 6.07 Å². The summed E-state index contributed by atoms with van der Waals surface area (Å²) in [6.07, 6.45) is 0. The van der Waals surface area contributed by atoms with Crippen LogP contribution in [-0.2, 0) is 10.0 Å². The Labute approximate surface area is 141 Å². The normalized spacial score (nSPS) is 11.2. The van der Waals surface area contributed by atoms with E-state index < -0.39 is 21.7 Å². The smallest absolute Gasteiger partial charge is 0.267 e. The van der Waals surface area contributed by atoms with Gasteiger partial charge in [0.05, 0.1) is 21.4 Å². The predicted molar refractivity (Wildman–Crippen MR) is 87.6 cm³/mol. The molecular formula is C16H9FN2O3S2. The largest absolute Gasteiger partial charge is 0.275 e. The van der Waals surface area contributed by atoms with Crippen molar-refractivity contribution in [1.82, 2.24) is 4.72 Å². The summed E-state index contributed by atoms with van der Waals surface area (Å²) in [5.41, 5.74) is 0.169. The van der Waals surface area contributed by atoms with Gasteiger partial charge in [-0.3, -0.25) is 4.79 Å². The van der Waals surface area contributed by atoms with E-state index >= 15 is 0 Å². The summed E-state index contributed by atoms with van der Waals surface area (Å²) in [5, 5.41) is 9.35. The van der Waals surface area contributed by atoms with E-state index in [0.29, 0.717) is 10.1 Å². The molecule has 0 atom stereocenters. The number of halogens is 1. The van der Waals surface area contributed by atoms with Gasteiger partial charge in [-0.2, -0.15) is 5.26 Å². The SMILES string of the molecule is N#Cc1cccc(S(=O)(=O)NC(=O)c2cc3cc(F)ccc3s2)c1. The highest BCUT2D eigenvalue weighted by Gasteiger charge is 2.20. The number of carbonyl (C=O) groups excluding carboxylic acids is 1. The Morgan fingerprint density at radius 1 is 1.17 bits per heavy atom. The topological polar surface area (TPSA) is 87.0 Å². The van der Waals surface area contributed by atoms with Gasteiger partial charge in [0.2, 0.25) is 0 Å². The van der Waals surface area contributed by atoms with Crippen LogP contribution in [0.2, 0.25) is 0 Å². The summed E-state index contributed by atoms with van der Waals surface area (Å²) in [5.74, 6) is -1.24. The molecule has 1 amide bonds. The first-order chi connectivity index (χ1) is 11.4. The van der Waals surface area contributed by atoms with Crippen molar-refractivity contribution in [1.29, 1.82) is 5.26 Å². The zero-order chi connectivity index (χ0) is 17.3. The van der Waals surface area contributed by atoms with Crippen LogP contribution in [0.25, 0.3) is 10.1 Å². The molecule has 2 aromatic carbocycles. The second kappa shape index (κ2) is 6.03. The first-order valence-electron chi connectivity index (χ1n) is 6.65. The molecule has 1 heterocycles. The van der Waals surface area contributed by atoms with Crippen LogP contribution in [0.4, 0.5) is 4.39 Å². The van der Waals surface area contributed by atoms with Crippen molar-refractivity contribution in [3.05, 3.63) is 64.8 Å². The van der Waals surface area contributed by atoms with Gasteiger partial charge in [0.25, 0.3) is 15.9 Å². The van der Waals surface area contributed by atoms with E-state index in [0.717, 1.165) is 11.3 Å². The first kappa shape index (κ1) is 16.1. The number of sulfonamides is 1. The van der Waals surface area contributed by atoms with E-state index in [1.165, 1.54) is 48.5 Å². The Morgan fingerprint density at radius 2 is 1.96 bits per heavy atom. The van der Waals surface area contributed by atoms with Crippen molar-refractivity contribution >= 4 is 37.4 Å². The average molecular weight is 360 g/mol. The minimum atomic E-state index is -4.10. The maximum atomic E-state index is 13.2. The summed E-state index contributed by atoms with van der Waals surface area (Å²) in [6, 6.07) is 12.7. The summed E-state index contributed by atoms with van der Waals surface area (Å²) in [6.45, 7) is 0. The molecule has 1 aromatic heterocycles. The zero-order valence-corrected chi connectivity index (χ0v) is 13.6. The molecule has 0 radical (unpaired) electrons. The Morgan fingerprint density at radius 3 is 2.71 bits per heavy atom. The van der Waals surface area contributed by atoms with E-state index in [1.54, 1.807) is 0 Å². The number of thiophene rings is 1. The molecule has 0 bridgehead atoms. The molecule has 5 nitrogen and oxygen atoms in total. The monoisotopic (exact) mass is 360 g/mol. The number of nitriles is 1. The lowest BCUT2D eigenvalue weighted by Gasteiger charge is -2.05. The van der Waals surface area contributed by atoms with Crippen LogP contribution in [0.1, 0.15) is 15.2 Å². The predicted octanol–water partition coefficient (Wildman–Crippen LogP) is 3.03. The van der Waals surface area contributed by atoms with E-state index in [-0.39, 0.29) is 15.3 Å². The van der Waals surface area contributed by atoms with Gasteiger partial charge in [0.1, 0.15) is 5.82 Å². The zero-order valence-electron chi connectivity index (χ0n) is 12.0. The third-order valence-electron chi connectivity index (χ3n) is 3.20. The maximum absolute atomic E-state index is 13.2. The lowest BCUT2D eigenvalue weighted by Crippen LogP contribution is -2.30. The van der Waals surface area contributed by atoms with Crippen molar-refractivity contribution in [3.63, 3.8) is 0 Å². The molecule has 0 spiro atoms. The molecule has 0 aliphatic heterocycles. The fourth-order valence-corrected chi connectivity index (χ4v) is 4.10. The lowest BCUT2D eigenvalue weighted by molar-refractivity contribution is 0.0985. The lowest BCUT2D eigenvalue weighted by atomic mass is 10.2. The number of hydrogen-bond donors (Lipinski definition) is 1. The number of nitrogens with one attached hydrogen (secondary N) is 1. The molecular weight excluding hydrogens is 351 g/mol. The van der Waals surface area contributed by atoms with E-state index in [4.69, 9.17) is 5.26 Å². The van der Waals surface area contributed by atoms with Gasteiger partial charge in [-0.15, -0.1) is 11.3 Å². The van der Waals surface area contributed by atoms with Crippen LogP contribution in [0.3, 0.4) is 0 Å². The van der Waals surface area contributed by atoms with Crippen LogP contribution >= 0.6 is 11.3 Å². The molecule has 3 rings (SSSR count). The number of carbonyl (C=O) groups is 1. The van der Waals surface area contributed by atoms with Gasteiger partial charge >= 0.3 is 0 Å². The molecule has 0 aliphatic rings. The number of benzene rings is 2. The molecule has 0 unspecified atom stereocenters. The molecule has 0 saturated heterocycles. The minimum absolute atomic E-state index is 0.149. The highest BCUT2D eigenvalue weighted by molar-refractivity contribution is 7.90. The van der Waals surface area contributed by atoms with Crippen molar-refractivity contribution in [2.75, 3.05) is 0 Å². The number of fused-ring (bicyclic) bond motifs is 1. The molecule has 24 heavy (non-hydrogen) atoms. The summed E-state index contributed by atoms with van der Waals surface area (Å²) >= 11 is 1.06. The van der Waals surface area contributed by atoms with Gasteiger partial charge in [0, 0.05) is 4.70 Å². The summed E-state index contributed by atoms with van der Waals surface area (Å²) in [4.78, 5) is 12.2. The van der Waals surface area contributed by atoms with Crippen molar-refractivity contribution < 1.29 is 17.6 Å². The Kier molecular flexibility index (Phi) is 4.05. The molecule has 1 N–H and O–H groups in total. The quantitative estimate of drug-likeness (QED) is 0.778. The fourth-order valence-electron chi connectivity index (χ4n) is 2.09. The fraction of sp³-hybridized carbons (Fsp3) is 0. The third-order valence-corrected chi connectivity index (χ3v) is 5.65. The van der Waals surface area contributed by atoms with Crippen molar-refractivity contribution in [2.45, 2.75) is 4.90 Å². The van der Waals surface area contributed by atoms with Crippen LogP contribution in [0, 0.1) is 17.1 Å². The van der Waals surface area contributed by atoms with Gasteiger partial charge in [0.15, 0.2) is 0 Å². The second-order valence-corrected chi connectivity index (χ2v) is 7.63. The van der Waals surface area contributed by atoms with Gasteiger partial charge in [-0.05, 0) is 47.9 Å². The Hall–Kier alpha value is -2.76. The highest BCUT2D eigenvalue weighted by Crippen LogP contribution is 2.26. The maximum Gasteiger partial charge on any atom is 0.275 e. The van der Waals surface area contributed by atoms with E-state index in [2.05, 4.69) is 0 Å². The van der Waals surface area contributed by atoms with E-state index in [1.807, 2.05) is 10.8 Å². The van der Waals surface area contributed by atoms with Crippen LogP contribution in [0.15, 0.2) is 53.4 Å². The minimum Gasteiger partial charge on any atom is -0.267 e. The molecule has 8 heteroatoms. The van der Waals surface area contributed by atoms with Crippen LogP contribution in [-0.4, -0.2) is 14.3 Å². The van der Waals surface area contributed by atoms with Crippen LogP contribution in [0.5, 0.6) is 0 Å². The third kappa shape index (κ3) is 3.13. The second-order valence-electron chi connectivity index (χ2n) is 4.87. The average Bonchev–Trinajstić information content (AvgIpc) is 2.98. The molecule has 0 fully saturated rings. The highest BCUT2D eigenvalue weighted by atomic mass is 32.2. The molecule has 0 aliphatic carbocycles. The van der Waals surface area contributed by atoms with Gasteiger partial charge < -0.3 is 0 Å². The van der Waals surface area contributed by atoms with Crippen LogP contribution < -0.4 is 4.72 Å². The summed E-state index contributed by atoms with van der Waals surface area (Å²) in [7, 11) is -4.10. The Bertz CT molecular complexity index is 1100. The number of amides is 1. The molecule has 3 aromatic rings. The van der Waals surface area contributed by atoms with Crippen molar-refractivity contribution in [2.24, 2.45) is 0 Å². The molecule has 120 valence electrons. The number of rotatable bonds is 3. The summed E-state index contributed by atoms with van der Waals surface area (Å²) < 4.78 is 40.3. The first-order valence-corrected chi connectivity index (χ1v) is 8.95. The van der Waals surface area contributed by atoms with Gasteiger partial charge in [-0.25, -0.2) is 17.5 Å². The Balaban J connectivity index is 1.90. The van der Waals surface area contributed by atoms with Gasteiger partial charge in [-0.1, -0.05) is 6.07 Å². The number of nitrogens with zero attached hydrogens (tertiary/aromatic N) is 1. The number of hydrogen-bond acceptors (Lipinski definition) is 5.